The molecule has 2 aliphatic rings. The molecule has 0 N–H and O–H groups in total. The number of carbonyl (C=O) groups excluding carboxylic acids is 2. The molecule has 3 unspecified atom stereocenters. The molecule has 0 aliphatic carbocycles. The van der Waals surface area contributed by atoms with Crippen LogP contribution in [0.15, 0.2) is 41.0 Å². The predicted octanol–water partition coefficient (Wildman–Crippen LogP) is 1.97. The third-order valence-corrected chi connectivity index (χ3v) is 4.66. The normalized spacial score (nSPS) is 26.4. The van der Waals surface area contributed by atoms with Crippen molar-refractivity contribution in [2.45, 2.75) is 38.4 Å². The molecule has 1 fully saturated rings. The Morgan fingerprint density at radius 3 is 2.62 bits per heavy atom. The maximum absolute atomic E-state index is 12.3. The first-order chi connectivity index (χ1) is 11.6. The monoisotopic (exact) mass is 327 g/mol. The van der Waals surface area contributed by atoms with Gasteiger partial charge in [0.25, 0.3) is 0 Å². The first-order valence-corrected chi connectivity index (χ1v) is 8.06. The Balaban J connectivity index is 2.12. The third kappa shape index (κ3) is 2.64. The molecule has 0 aromatic heterocycles. The smallest absolute Gasteiger partial charge is 0.332 e. The van der Waals surface area contributed by atoms with E-state index in [1.807, 2.05) is 36.3 Å². The Morgan fingerprint density at radius 1 is 1.33 bits per heavy atom. The van der Waals surface area contributed by atoms with Crippen LogP contribution in [0.2, 0.25) is 0 Å². The van der Waals surface area contributed by atoms with Crippen LogP contribution >= 0.6 is 0 Å². The number of methoxy groups -OCH3 is 1. The van der Waals surface area contributed by atoms with Crippen LogP contribution in [0.5, 0.6) is 0 Å². The molecule has 3 atom stereocenters. The second-order valence-electron chi connectivity index (χ2n) is 6.38. The van der Waals surface area contributed by atoms with Gasteiger partial charge in [-0.2, -0.15) is 0 Å². The number of hydrogen-bond acceptors (Lipinski definition) is 6. The minimum absolute atomic E-state index is 0.0885. The van der Waals surface area contributed by atoms with Crippen molar-refractivity contribution in [3.05, 3.63) is 41.6 Å². The van der Waals surface area contributed by atoms with Crippen LogP contribution < -0.4 is 0 Å². The Labute approximate surface area is 141 Å². The summed E-state index contributed by atoms with van der Waals surface area (Å²) >= 11 is 0. The molecule has 3 rings (SSSR count). The quantitative estimate of drug-likeness (QED) is 0.627. The molecule has 6 nitrogen and oxygen atoms in total. The van der Waals surface area contributed by atoms with Crippen molar-refractivity contribution in [2.24, 2.45) is 10.9 Å². The van der Waals surface area contributed by atoms with E-state index in [2.05, 4.69) is 23.8 Å². The van der Waals surface area contributed by atoms with Crippen LogP contribution in [0, 0.1) is 5.92 Å². The van der Waals surface area contributed by atoms with Crippen LogP contribution in [0.1, 0.15) is 31.9 Å². The van der Waals surface area contributed by atoms with E-state index in [1.54, 1.807) is 11.3 Å². The van der Waals surface area contributed by atoms with Gasteiger partial charge in [-0.15, -0.1) is 0 Å². The molecule has 0 bridgehead atoms. The molecule has 0 amide bonds. The van der Waals surface area contributed by atoms with Crippen molar-refractivity contribution in [1.29, 1.82) is 0 Å². The average molecular weight is 327 g/mol. The van der Waals surface area contributed by atoms with Gasteiger partial charge in [0, 0.05) is 12.5 Å². The molecule has 0 spiro atoms. The second-order valence-corrected chi connectivity index (χ2v) is 6.38. The van der Waals surface area contributed by atoms with E-state index < -0.39 is 6.04 Å². The summed E-state index contributed by atoms with van der Waals surface area (Å²) in [7, 11) is 1.37. The molecule has 2 heterocycles. The summed E-state index contributed by atoms with van der Waals surface area (Å²) < 4.78 is 4.96. The van der Waals surface area contributed by atoms with E-state index in [4.69, 9.17) is 4.74 Å². The van der Waals surface area contributed by atoms with E-state index in [0.717, 1.165) is 5.56 Å². The number of ether oxygens (including phenoxy) is 1. The highest BCUT2D eigenvalue weighted by atomic mass is 16.5. The van der Waals surface area contributed by atoms with Crippen molar-refractivity contribution in [3.63, 3.8) is 0 Å². The number of nitrogens with zero attached hydrogens (tertiary/aromatic N) is 3. The number of rotatable bonds is 3. The lowest BCUT2D eigenvalue weighted by Crippen LogP contribution is -2.53. The first kappa shape index (κ1) is 16.4. The Morgan fingerprint density at radius 2 is 2.04 bits per heavy atom. The van der Waals surface area contributed by atoms with Crippen LogP contribution in [0.3, 0.4) is 0 Å². The van der Waals surface area contributed by atoms with Crippen LogP contribution in [0.4, 0.5) is 0 Å². The number of hydrazine groups is 1. The van der Waals surface area contributed by atoms with Gasteiger partial charge in [0.15, 0.2) is 6.04 Å². The van der Waals surface area contributed by atoms with Crippen molar-refractivity contribution in [3.8, 4) is 0 Å². The minimum atomic E-state index is -0.666. The topological polar surface area (TPSA) is 62.2 Å². The fourth-order valence-electron chi connectivity index (χ4n) is 3.44. The number of hydrogen-bond donors (Lipinski definition) is 0. The number of aliphatic imine (C=N–C) groups is 1. The highest BCUT2D eigenvalue weighted by Crippen LogP contribution is 2.41. The summed E-state index contributed by atoms with van der Waals surface area (Å²) in [6, 6.07) is 8.85. The van der Waals surface area contributed by atoms with Crippen LogP contribution in [0.25, 0.3) is 0 Å². The maximum Gasteiger partial charge on any atom is 0.332 e. The fraction of sp³-hybridized carbons (Fsp3) is 0.444. The SMILES string of the molecule is COC(=O)C1N=CN2C(=C=O)CC(C(C)C)N2C1c1ccccc1. The van der Waals surface area contributed by atoms with Gasteiger partial charge < -0.3 is 4.74 Å². The Bertz CT molecular complexity index is 695. The molecular weight excluding hydrogens is 306 g/mol. The number of carbonyl (C=O) groups is 1. The number of benzene rings is 1. The predicted molar refractivity (Wildman–Crippen MR) is 89.6 cm³/mol. The van der Waals surface area contributed by atoms with E-state index in [1.165, 1.54) is 7.11 Å². The van der Waals surface area contributed by atoms with Gasteiger partial charge in [0.1, 0.15) is 18.0 Å². The van der Waals surface area contributed by atoms with Crippen molar-refractivity contribution >= 4 is 18.2 Å². The zero-order valence-corrected chi connectivity index (χ0v) is 14.0. The molecule has 1 saturated heterocycles. The van der Waals surface area contributed by atoms with Crippen LogP contribution in [-0.2, 0) is 14.3 Å². The molecule has 0 radical (unpaired) electrons. The summed E-state index contributed by atoms with van der Waals surface area (Å²) in [5, 5.41) is 3.82. The zero-order valence-electron chi connectivity index (χ0n) is 14.0. The van der Waals surface area contributed by atoms with E-state index in [0.29, 0.717) is 18.0 Å². The highest BCUT2D eigenvalue weighted by Gasteiger charge is 2.48. The maximum atomic E-state index is 12.3. The largest absolute Gasteiger partial charge is 0.467 e. The molecule has 24 heavy (non-hydrogen) atoms. The van der Waals surface area contributed by atoms with E-state index in [9.17, 15) is 9.59 Å². The lowest BCUT2D eigenvalue weighted by Gasteiger charge is -2.43. The van der Waals surface area contributed by atoms with Gasteiger partial charge in [-0.25, -0.2) is 14.6 Å². The summed E-state index contributed by atoms with van der Waals surface area (Å²) in [4.78, 5) is 28.0. The summed E-state index contributed by atoms with van der Waals surface area (Å²) in [5.74, 6) is 1.94. The van der Waals surface area contributed by atoms with Gasteiger partial charge >= 0.3 is 5.97 Å². The first-order valence-electron chi connectivity index (χ1n) is 8.06. The highest BCUT2D eigenvalue weighted by molar-refractivity contribution is 5.80. The number of esters is 1. The van der Waals surface area contributed by atoms with Gasteiger partial charge in [0.05, 0.1) is 13.2 Å². The Hall–Kier alpha value is -2.43. The molecule has 1 aromatic rings. The van der Waals surface area contributed by atoms with E-state index >= 15 is 0 Å². The molecule has 2 aliphatic heterocycles. The summed E-state index contributed by atoms with van der Waals surface area (Å²) in [6.45, 7) is 4.22. The lowest BCUT2D eigenvalue weighted by atomic mass is 9.94. The van der Waals surface area contributed by atoms with Crippen LogP contribution in [-0.4, -0.2) is 47.5 Å². The van der Waals surface area contributed by atoms with Crippen molar-refractivity contribution < 1.29 is 14.3 Å². The summed E-state index contributed by atoms with van der Waals surface area (Å²) in [6.07, 6.45) is 2.13. The summed E-state index contributed by atoms with van der Waals surface area (Å²) in [5.41, 5.74) is 1.51. The minimum Gasteiger partial charge on any atom is -0.467 e. The van der Waals surface area contributed by atoms with Gasteiger partial charge in [-0.1, -0.05) is 44.2 Å². The standard InChI is InChI=1S/C18H21N3O3/c1-12(2)15-9-14(10-22)20-11-19-16(18(23)24-3)17(21(15)20)13-7-5-4-6-8-13/h4-8,11-12,15-17H,9H2,1-3H3. The van der Waals surface area contributed by atoms with Gasteiger partial charge in [-0.3, -0.25) is 10.0 Å². The molecule has 126 valence electrons. The Kier molecular flexibility index (Phi) is 4.51. The van der Waals surface area contributed by atoms with E-state index in [-0.39, 0.29) is 18.1 Å². The fourth-order valence-corrected chi connectivity index (χ4v) is 3.44. The number of fused-ring (bicyclic) bond motifs is 1. The molecular formula is C18H21N3O3. The second kappa shape index (κ2) is 6.59. The van der Waals surface area contributed by atoms with Gasteiger partial charge in [-0.05, 0) is 11.5 Å². The molecule has 0 saturated carbocycles. The zero-order chi connectivity index (χ0) is 17.3. The average Bonchev–Trinajstić information content (AvgIpc) is 3.00. The molecule has 1 aromatic carbocycles. The van der Waals surface area contributed by atoms with Crippen molar-refractivity contribution in [2.75, 3.05) is 7.11 Å². The third-order valence-electron chi connectivity index (χ3n) is 4.66. The lowest BCUT2D eigenvalue weighted by molar-refractivity contribution is -0.146. The van der Waals surface area contributed by atoms with Gasteiger partial charge in [0.2, 0.25) is 0 Å². The molecule has 6 heteroatoms. The van der Waals surface area contributed by atoms with Crippen molar-refractivity contribution in [1.82, 2.24) is 10.0 Å².